The number of rotatable bonds is 11. The van der Waals surface area contributed by atoms with Crippen molar-refractivity contribution in [2.45, 2.75) is 89.6 Å². The van der Waals surface area contributed by atoms with Gasteiger partial charge in [0.05, 0.1) is 31.8 Å². The lowest BCUT2D eigenvalue weighted by Crippen LogP contribution is -2.55. The molecule has 3 aliphatic heterocycles. The normalized spacial score (nSPS) is 36.0. The van der Waals surface area contributed by atoms with E-state index in [1.54, 1.807) is 29.2 Å². The highest BCUT2D eigenvalue weighted by atomic mass is 16.7. The van der Waals surface area contributed by atoms with E-state index in [-0.39, 0.29) is 50.1 Å². The summed E-state index contributed by atoms with van der Waals surface area (Å²) in [6, 6.07) is 0. The van der Waals surface area contributed by atoms with E-state index < -0.39 is 54.0 Å². The number of aryl methyl sites for hydroxylation is 1. The van der Waals surface area contributed by atoms with Crippen molar-refractivity contribution in [3.8, 4) is 0 Å². The largest absolute Gasteiger partial charge is 0.456 e. The van der Waals surface area contributed by atoms with E-state index in [1.165, 1.54) is 13.0 Å². The predicted molar refractivity (Wildman–Crippen MR) is 176 cm³/mol. The summed E-state index contributed by atoms with van der Waals surface area (Å²) in [5.41, 5.74) is 0.910. The second-order valence-corrected chi connectivity index (χ2v) is 13.8. The van der Waals surface area contributed by atoms with Crippen molar-refractivity contribution in [3.63, 3.8) is 0 Å². The summed E-state index contributed by atoms with van der Waals surface area (Å²) < 4.78 is 38.5. The first-order chi connectivity index (χ1) is 23.3. The number of allylic oxidation sites excluding steroid dienone is 2. The SMILES string of the molecule is CCO[C@]12C=C[C@](C)(O1)[C@@H](OC(=O)C=Cc1cn(C)cn1)C[C@H]1C(CO)=CC[C@H](C(C)C)[C@H]1C=C2COC1OCC(O)C(O)C1OC(C)=O. The van der Waals surface area contributed by atoms with Crippen LogP contribution in [0.4, 0.5) is 0 Å². The van der Waals surface area contributed by atoms with Gasteiger partial charge in [-0.15, -0.1) is 0 Å². The fourth-order valence-corrected chi connectivity index (χ4v) is 7.37. The van der Waals surface area contributed by atoms with Crippen molar-refractivity contribution < 1.29 is 53.3 Å². The van der Waals surface area contributed by atoms with Crippen LogP contribution in [0.1, 0.15) is 53.2 Å². The zero-order valence-electron chi connectivity index (χ0n) is 29.1. The lowest BCUT2D eigenvalue weighted by Gasteiger charge is -2.41. The lowest BCUT2D eigenvalue weighted by molar-refractivity contribution is -0.278. The molecule has 0 amide bonds. The van der Waals surface area contributed by atoms with Gasteiger partial charge in [-0.3, -0.25) is 4.79 Å². The first-order valence-corrected chi connectivity index (χ1v) is 17.0. The molecule has 4 heterocycles. The molecule has 1 aromatic rings. The fraction of sp³-hybridized carbons (Fsp3) is 0.639. The summed E-state index contributed by atoms with van der Waals surface area (Å²) in [7, 11) is 1.84. The van der Waals surface area contributed by atoms with E-state index in [1.807, 2.05) is 27.0 Å². The minimum atomic E-state index is -1.43. The third-order valence-corrected chi connectivity index (χ3v) is 9.95. The molecule has 0 spiro atoms. The summed E-state index contributed by atoms with van der Waals surface area (Å²) >= 11 is 0. The van der Waals surface area contributed by atoms with Gasteiger partial charge in [-0.1, -0.05) is 26.0 Å². The maximum atomic E-state index is 13.3. The maximum absolute atomic E-state index is 13.3. The number of aromatic nitrogens is 2. The van der Waals surface area contributed by atoms with Crippen molar-refractivity contribution in [3.05, 3.63) is 59.7 Å². The van der Waals surface area contributed by atoms with Crippen LogP contribution in [0.3, 0.4) is 0 Å². The topological polar surface area (TPSA) is 168 Å². The van der Waals surface area contributed by atoms with Crippen LogP contribution in [0.2, 0.25) is 0 Å². The molecule has 5 rings (SSSR count). The van der Waals surface area contributed by atoms with E-state index in [0.29, 0.717) is 17.7 Å². The van der Waals surface area contributed by atoms with Crippen LogP contribution in [0.5, 0.6) is 0 Å². The third kappa shape index (κ3) is 8.09. The average molecular weight is 687 g/mol. The molecule has 4 unspecified atom stereocenters. The minimum Gasteiger partial charge on any atom is -0.456 e. The number of hydrogen-bond donors (Lipinski definition) is 3. The van der Waals surface area contributed by atoms with Gasteiger partial charge < -0.3 is 48.3 Å². The van der Waals surface area contributed by atoms with Crippen LogP contribution in [0.25, 0.3) is 6.08 Å². The zero-order chi connectivity index (χ0) is 35.5. The van der Waals surface area contributed by atoms with Crippen molar-refractivity contribution >= 4 is 18.0 Å². The average Bonchev–Trinajstić information content (AvgIpc) is 3.64. The molecule has 2 bridgehead atoms. The van der Waals surface area contributed by atoms with Crippen molar-refractivity contribution in [2.24, 2.45) is 30.7 Å². The number of aliphatic hydroxyl groups excluding tert-OH is 3. The lowest BCUT2D eigenvalue weighted by atomic mass is 9.65. The van der Waals surface area contributed by atoms with Gasteiger partial charge in [0.2, 0.25) is 5.79 Å². The molecule has 3 N–H and O–H groups in total. The maximum Gasteiger partial charge on any atom is 0.331 e. The molecule has 0 radical (unpaired) electrons. The number of carbonyl (C=O) groups excluding carboxylic acids is 2. The Kier molecular flexibility index (Phi) is 11.6. The van der Waals surface area contributed by atoms with Gasteiger partial charge in [0.25, 0.3) is 0 Å². The molecule has 13 nitrogen and oxygen atoms in total. The number of imidazole rings is 1. The van der Waals surface area contributed by atoms with Gasteiger partial charge in [-0.05, 0) is 74.2 Å². The molecular weight excluding hydrogens is 636 g/mol. The summed E-state index contributed by atoms with van der Waals surface area (Å²) in [6.45, 7) is 8.97. The molecule has 0 saturated carbocycles. The third-order valence-electron chi connectivity index (χ3n) is 9.95. The Balaban J connectivity index is 1.53. The molecule has 270 valence electrons. The van der Waals surface area contributed by atoms with E-state index in [4.69, 9.17) is 28.4 Å². The Morgan fingerprint density at radius 2 is 2.00 bits per heavy atom. The highest BCUT2D eigenvalue weighted by Gasteiger charge is 2.54. The van der Waals surface area contributed by atoms with Gasteiger partial charge >= 0.3 is 11.9 Å². The van der Waals surface area contributed by atoms with Gasteiger partial charge in [-0.2, -0.15) is 0 Å². The highest BCUT2D eigenvalue weighted by Crippen LogP contribution is 2.50. The number of nitrogens with zero attached hydrogens (tertiary/aromatic N) is 2. The minimum absolute atomic E-state index is 0.116. The number of fused-ring (bicyclic) bond motifs is 3. The Hall–Kier alpha value is -3.17. The molecule has 49 heavy (non-hydrogen) atoms. The van der Waals surface area contributed by atoms with Gasteiger partial charge in [0, 0.05) is 38.4 Å². The first-order valence-electron chi connectivity index (χ1n) is 17.0. The Morgan fingerprint density at radius 3 is 2.65 bits per heavy atom. The molecule has 1 aliphatic carbocycles. The van der Waals surface area contributed by atoms with Crippen LogP contribution in [-0.2, 0) is 45.1 Å². The van der Waals surface area contributed by atoms with E-state index in [2.05, 4.69) is 31.0 Å². The number of esters is 2. The Bertz CT molecular complexity index is 1470. The van der Waals surface area contributed by atoms with E-state index >= 15 is 0 Å². The molecule has 1 aromatic heterocycles. The highest BCUT2D eigenvalue weighted by molar-refractivity contribution is 5.86. The smallest absolute Gasteiger partial charge is 0.331 e. The first kappa shape index (κ1) is 37.1. The van der Waals surface area contributed by atoms with Gasteiger partial charge in [0.1, 0.15) is 23.9 Å². The molecule has 1 fully saturated rings. The number of carbonyl (C=O) groups is 2. The monoisotopic (exact) mass is 686 g/mol. The van der Waals surface area contributed by atoms with Gasteiger partial charge in [-0.25, -0.2) is 9.78 Å². The van der Waals surface area contributed by atoms with Crippen LogP contribution < -0.4 is 0 Å². The fourth-order valence-electron chi connectivity index (χ4n) is 7.37. The molecule has 1 saturated heterocycles. The Labute approximate surface area is 287 Å². The Morgan fingerprint density at radius 1 is 1.22 bits per heavy atom. The summed E-state index contributed by atoms with van der Waals surface area (Å²) in [6.07, 6.45) is 9.35. The second kappa shape index (κ2) is 15.4. The van der Waals surface area contributed by atoms with Crippen molar-refractivity contribution in [2.75, 3.05) is 26.4 Å². The van der Waals surface area contributed by atoms with Gasteiger partial charge in [0.15, 0.2) is 12.4 Å². The molecule has 4 aliphatic rings. The predicted octanol–water partition coefficient (Wildman–Crippen LogP) is 2.61. The number of ether oxygens (including phenoxy) is 6. The molecule has 13 heteroatoms. The standard InChI is InChI=1S/C36H50N2O11/c1-7-46-36-13-12-35(5,49-36)30(48-31(42)11-9-25-16-38(6)20-37-25)15-27-23(17-39)8-10-26(21(2)3)28(27)14-24(36)18-44-34-33(47-22(4)40)32(43)29(41)19-45-34/h8-9,11-14,16,20-21,26-30,32-34,39,41,43H,7,10,15,17-19H2,1-6H3/t26-,27+,28-,29?,30+,32?,33?,34?,35+,36-/m1/s1. The summed E-state index contributed by atoms with van der Waals surface area (Å²) in [5.74, 6) is -2.61. The van der Waals surface area contributed by atoms with Crippen molar-refractivity contribution in [1.82, 2.24) is 9.55 Å². The van der Waals surface area contributed by atoms with Crippen LogP contribution in [0, 0.1) is 23.7 Å². The number of hydrogen-bond acceptors (Lipinski definition) is 12. The molecule has 10 atom stereocenters. The second-order valence-electron chi connectivity index (χ2n) is 13.8. The molecule has 0 aromatic carbocycles. The van der Waals surface area contributed by atoms with E-state index in [9.17, 15) is 24.9 Å². The summed E-state index contributed by atoms with van der Waals surface area (Å²) in [5, 5.41) is 31.4. The zero-order valence-corrected chi connectivity index (χ0v) is 29.1. The van der Waals surface area contributed by atoms with Crippen molar-refractivity contribution in [1.29, 1.82) is 0 Å². The van der Waals surface area contributed by atoms with Crippen LogP contribution in [-0.4, -0.2) is 105 Å². The van der Waals surface area contributed by atoms with E-state index in [0.717, 1.165) is 12.0 Å². The quantitative estimate of drug-likeness (QED) is 0.177. The number of aliphatic hydroxyl groups is 3. The van der Waals surface area contributed by atoms with Crippen LogP contribution >= 0.6 is 0 Å². The molecular formula is C36H50N2O11. The summed E-state index contributed by atoms with van der Waals surface area (Å²) in [4.78, 5) is 29.5. The van der Waals surface area contributed by atoms with Crippen LogP contribution in [0.15, 0.2) is 54.1 Å².